The first kappa shape index (κ1) is 21.2. The monoisotopic (exact) mass is 469 g/mol. The minimum atomic E-state index is -0.0426. The van der Waals surface area contributed by atoms with E-state index in [-0.39, 0.29) is 17.7 Å². The average molecular weight is 470 g/mol. The van der Waals surface area contributed by atoms with Crippen LogP contribution in [0.15, 0.2) is 53.7 Å². The molecular formula is C23H24ClN5O2S. The summed E-state index contributed by atoms with van der Waals surface area (Å²) in [4.78, 5) is 15.0. The zero-order valence-corrected chi connectivity index (χ0v) is 19.1. The van der Waals surface area contributed by atoms with E-state index >= 15 is 0 Å². The molecular weight excluding hydrogens is 446 g/mol. The highest BCUT2D eigenvalue weighted by atomic mass is 35.5. The van der Waals surface area contributed by atoms with Gasteiger partial charge in [-0.25, -0.2) is 0 Å². The van der Waals surface area contributed by atoms with Gasteiger partial charge in [-0.15, -0.1) is 10.2 Å². The first-order valence-electron chi connectivity index (χ1n) is 10.8. The number of hydrogen-bond donors (Lipinski definition) is 1. The van der Waals surface area contributed by atoms with Crippen molar-refractivity contribution in [1.82, 2.24) is 20.1 Å². The summed E-state index contributed by atoms with van der Waals surface area (Å²) in [6.45, 7) is 2.50. The van der Waals surface area contributed by atoms with E-state index < -0.39 is 0 Å². The summed E-state index contributed by atoms with van der Waals surface area (Å²) in [5, 5.41) is 13.3. The number of anilines is 1. The van der Waals surface area contributed by atoms with E-state index in [4.69, 9.17) is 16.3 Å². The highest BCUT2D eigenvalue weighted by Crippen LogP contribution is 2.32. The average Bonchev–Trinajstić information content (AvgIpc) is 3.48. The maximum absolute atomic E-state index is 12.8. The zero-order chi connectivity index (χ0) is 21.9. The molecule has 0 bridgehead atoms. The van der Waals surface area contributed by atoms with Crippen molar-refractivity contribution in [2.75, 3.05) is 30.3 Å². The third-order valence-corrected chi connectivity index (χ3v) is 6.86. The van der Waals surface area contributed by atoms with Gasteiger partial charge in [0.15, 0.2) is 5.16 Å². The van der Waals surface area contributed by atoms with Crippen molar-refractivity contribution in [2.45, 2.75) is 30.5 Å². The predicted molar refractivity (Wildman–Crippen MR) is 126 cm³/mol. The number of thioether (sulfide) groups is 1. The molecule has 1 aromatic heterocycles. The summed E-state index contributed by atoms with van der Waals surface area (Å²) in [7, 11) is 0. The Labute approximate surface area is 196 Å². The lowest BCUT2D eigenvalue weighted by Gasteiger charge is -2.26. The van der Waals surface area contributed by atoms with Gasteiger partial charge in [0.1, 0.15) is 5.75 Å². The highest BCUT2D eigenvalue weighted by molar-refractivity contribution is 7.99. The largest absolute Gasteiger partial charge is 0.493 e. The Morgan fingerprint density at radius 1 is 1.16 bits per heavy atom. The topological polar surface area (TPSA) is 72.3 Å². The number of amides is 1. The molecule has 3 aromatic rings. The normalized spacial score (nSPS) is 17.7. The molecule has 0 saturated carbocycles. The van der Waals surface area contributed by atoms with E-state index in [1.54, 1.807) is 0 Å². The van der Waals surface area contributed by atoms with E-state index in [0.717, 1.165) is 55.3 Å². The molecule has 2 aliphatic rings. The SMILES string of the molecule is O=C(CSc1nnc(N2CCCC2)n1-c1cccc(Cl)c1)NC1CCOc2ccccc21. The molecule has 0 aliphatic carbocycles. The molecule has 1 fully saturated rings. The van der Waals surface area contributed by atoms with Crippen LogP contribution in [0.3, 0.4) is 0 Å². The second-order valence-corrected chi connectivity index (χ2v) is 9.25. The fourth-order valence-electron chi connectivity index (χ4n) is 4.18. The van der Waals surface area contributed by atoms with Crippen molar-refractivity contribution in [3.63, 3.8) is 0 Å². The van der Waals surface area contributed by atoms with Crippen LogP contribution in [0.1, 0.15) is 30.9 Å². The molecule has 1 N–H and O–H groups in total. The van der Waals surface area contributed by atoms with E-state index in [1.807, 2.05) is 53.1 Å². The Hall–Kier alpha value is -2.71. The van der Waals surface area contributed by atoms with Crippen molar-refractivity contribution in [3.8, 4) is 11.4 Å². The van der Waals surface area contributed by atoms with Gasteiger partial charge in [-0.1, -0.05) is 47.6 Å². The summed E-state index contributed by atoms with van der Waals surface area (Å²) < 4.78 is 7.70. The third-order valence-electron chi connectivity index (χ3n) is 5.70. The number of halogens is 1. The van der Waals surface area contributed by atoms with Crippen LogP contribution in [0.2, 0.25) is 5.02 Å². The van der Waals surface area contributed by atoms with Crippen LogP contribution >= 0.6 is 23.4 Å². The van der Waals surface area contributed by atoms with Gasteiger partial charge in [-0.2, -0.15) is 0 Å². The van der Waals surface area contributed by atoms with Crippen LogP contribution in [0.25, 0.3) is 5.69 Å². The van der Waals surface area contributed by atoms with Crippen molar-refractivity contribution in [3.05, 3.63) is 59.1 Å². The maximum atomic E-state index is 12.8. The van der Waals surface area contributed by atoms with Gasteiger partial charge in [-0.05, 0) is 37.1 Å². The van der Waals surface area contributed by atoms with Gasteiger partial charge in [0.05, 0.1) is 24.1 Å². The number of nitrogens with zero attached hydrogens (tertiary/aromatic N) is 4. The second-order valence-electron chi connectivity index (χ2n) is 7.88. The molecule has 1 atom stereocenters. The minimum absolute atomic E-state index is 0.0416. The Morgan fingerprint density at radius 3 is 2.84 bits per heavy atom. The third kappa shape index (κ3) is 4.42. The Bertz CT molecular complexity index is 1120. The molecule has 0 spiro atoms. The number of rotatable bonds is 6. The number of carbonyl (C=O) groups is 1. The van der Waals surface area contributed by atoms with E-state index in [1.165, 1.54) is 11.8 Å². The van der Waals surface area contributed by atoms with Gasteiger partial charge in [0, 0.05) is 30.1 Å². The number of benzene rings is 2. The molecule has 3 heterocycles. The first-order chi connectivity index (χ1) is 15.7. The van der Waals surface area contributed by atoms with Gasteiger partial charge in [0.2, 0.25) is 11.9 Å². The van der Waals surface area contributed by atoms with E-state index in [9.17, 15) is 4.79 Å². The molecule has 7 nitrogen and oxygen atoms in total. The Kier molecular flexibility index (Phi) is 6.23. The standard InChI is InChI=1S/C23H24ClN5O2S/c24-16-6-5-7-17(14-16)29-22(28-11-3-4-12-28)26-27-23(29)32-15-21(30)25-19-10-13-31-20-9-2-1-8-18(19)20/h1-2,5-9,14,19H,3-4,10-13,15H2,(H,25,30). The van der Waals surface area contributed by atoms with Crippen LogP contribution in [-0.2, 0) is 4.79 Å². The fourth-order valence-corrected chi connectivity index (χ4v) is 5.12. The molecule has 1 unspecified atom stereocenters. The molecule has 1 saturated heterocycles. The van der Waals surface area contributed by atoms with Crippen LogP contribution in [0.5, 0.6) is 5.75 Å². The van der Waals surface area contributed by atoms with Crippen molar-refractivity contribution in [2.24, 2.45) is 0 Å². The number of carbonyl (C=O) groups excluding carboxylic acids is 1. The Balaban J connectivity index is 1.33. The summed E-state index contributed by atoms with van der Waals surface area (Å²) in [6.07, 6.45) is 3.03. The number of ether oxygens (including phenoxy) is 1. The van der Waals surface area contributed by atoms with Crippen molar-refractivity contribution < 1.29 is 9.53 Å². The van der Waals surface area contributed by atoms with Gasteiger partial charge >= 0.3 is 0 Å². The van der Waals surface area contributed by atoms with Crippen LogP contribution in [0.4, 0.5) is 5.95 Å². The van der Waals surface area contributed by atoms with Crippen molar-refractivity contribution in [1.29, 1.82) is 0 Å². The molecule has 166 valence electrons. The fraction of sp³-hybridized carbons (Fsp3) is 0.348. The second kappa shape index (κ2) is 9.42. The molecule has 32 heavy (non-hydrogen) atoms. The van der Waals surface area contributed by atoms with E-state index in [0.29, 0.717) is 16.8 Å². The smallest absolute Gasteiger partial charge is 0.232 e. The van der Waals surface area contributed by atoms with Crippen LogP contribution in [0, 0.1) is 0 Å². The van der Waals surface area contributed by atoms with Crippen LogP contribution < -0.4 is 15.0 Å². The summed E-state index contributed by atoms with van der Waals surface area (Å²) in [5.41, 5.74) is 1.92. The molecule has 9 heteroatoms. The van der Waals surface area contributed by atoms with Gasteiger partial charge < -0.3 is 15.0 Å². The Morgan fingerprint density at radius 2 is 2.00 bits per heavy atom. The molecule has 5 rings (SSSR count). The zero-order valence-electron chi connectivity index (χ0n) is 17.5. The highest BCUT2D eigenvalue weighted by Gasteiger charge is 2.25. The number of aromatic nitrogens is 3. The number of nitrogens with one attached hydrogen (secondary N) is 1. The predicted octanol–water partition coefficient (Wildman–Crippen LogP) is 4.25. The van der Waals surface area contributed by atoms with E-state index in [2.05, 4.69) is 20.4 Å². The summed E-state index contributed by atoms with van der Waals surface area (Å²) >= 11 is 7.64. The quantitative estimate of drug-likeness (QED) is 0.544. The number of hydrogen-bond acceptors (Lipinski definition) is 6. The van der Waals surface area contributed by atoms with Crippen LogP contribution in [-0.4, -0.2) is 46.1 Å². The van der Waals surface area contributed by atoms with Crippen molar-refractivity contribution >= 4 is 35.2 Å². The maximum Gasteiger partial charge on any atom is 0.232 e. The molecule has 1 amide bonds. The van der Waals surface area contributed by atoms with Gasteiger partial charge in [0.25, 0.3) is 0 Å². The molecule has 2 aliphatic heterocycles. The summed E-state index contributed by atoms with van der Waals surface area (Å²) in [5.74, 6) is 1.84. The molecule has 2 aromatic carbocycles. The number of para-hydroxylation sites is 1. The lowest BCUT2D eigenvalue weighted by Crippen LogP contribution is -2.33. The number of fused-ring (bicyclic) bond motifs is 1. The lowest BCUT2D eigenvalue weighted by molar-refractivity contribution is -0.119. The first-order valence-corrected chi connectivity index (χ1v) is 12.2. The summed E-state index contributed by atoms with van der Waals surface area (Å²) in [6, 6.07) is 15.4. The lowest BCUT2D eigenvalue weighted by atomic mass is 10.0. The molecule has 0 radical (unpaired) electrons. The van der Waals surface area contributed by atoms with Gasteiger partial charge in [-0.3, -0.25) is 9.36 Å². The minimum Gasteiger partial charge on any atom is -0.493 e.